The molecule has 0 spiro atoms. The van der Waals surface area contributed by atoms with Crippen molar-refractivity contribution < 1.29 is 4.52 Å². The van der Waals surface area contributed by atoms with Crippen LogP contribution in [0.25, 0.3) is 0 Å². The third-order valence-corrected chi connectivity index (χ3v) is 4.04. The van der Waals surface area contributed by atoms with Crippen molar-refractivity contribution >= 4 is 0 Å². The molecule has 0 radical (unpaired) electrons. The highest BCUT2D eigenvalue weighted by molar-refractivity contribution is 5.03. The molecule has 0 unspecified atom stereocenters. The van der Waals surface area contributed by atoms with E-state index in [9.17, 15) is 0 Å². The average molecular weight is 249 g/mol. The molecule has 0 atom stereocenters. The van der Waals surface area contributed by atoms with Crippen LogP contribution < -0.4 is 5.32 Å². The van der Waals surface area contributed by atoms with E-state index < -0.39 is 0 Å². The molecule has 2 fully saturated rings. The average Bonchev–Trinajstić information content (AvgIpc) is 3.12. The van der Waals surface area contributed by atoms with Crippen molar-refractivity contribution in [2.45, 2.75) is 45.2 Å². The fourth-order valence-corrected chi connectivity index (χ4v) is 2.67. The zero-order chi connectivity index (χ0) is 12.4. The van der Waals surface area contributed by atoms with Crippen molar-refractivity contribution in [3.63, 3.8) is 0 Å². The Hall–Kier alpha value is -0.870. The molecule has 1 N–H and O–H groups in total. The summed E-state index contributed by atoms with van der Waals surface area (Å²) in [4.78, 5) is 2.48. The number of aromatic nitrogens is 1. The summed E-state index contributed by atoms with van der Waals surface area (Å²) < 4.78 is 5.11. The molecule has 2 heterocycles. The number of hydrogen-bond donors (Lipinski definition) is 1. The third-order valence-electron chi connectivity index (χ3n) is 4.04. The Morgan fingerprint density at radius 2 is 2.11 bits per heavy atom. The van der Waals surface area contributed by atoms with E-state index >= 15 is 0 Å². The molecular formula is C14H23N3O. The minimum Gasteiger partial charge on any atom is -0.361 e. The lowest BCUT2D eigenvalue weighted by Gasteiger charge is -2.31. The van der Waals surface area contributed by atoms with Crippen LogP contribution in [0.2, 0.25) is 0 Å². The van der Waals surface area contributed by atoms with Gasteiger partial charge in [0.05, 0.1) is 5.69 Å². The van der Waals surface area contributed by atoms with Crippen LogP contribution in [0.15, 0.2) is 10.6 Å². The van der Waals surface area contributed by atoms with Crippen LogP contribution in [0.4, 0.5) is 0 Å². The lowest BCUT2D eigenvalue weighted by atomic mass is 10.0. The van der Waals surface area contributed by atoms with Gasteiger partial charge in [-0.15, -0.1) is 0 Å². The maximum atomic E-state index is 5.11. The van der Waals surface area contributed by atoms with E-state index in [4.69, 9.17) is 4.52 Å². The Morgan fingerprint density at radius 3 is 2.72 bits per heavy atom. The van der Waals surface area contributed by atoms with Gasteiger partial charge in [0.15, 0.2) is 0 Å². The van der Waals surface area contributed by atoms with E-state index in [0.29, 0.717) is 0 Å². The van der Waals surface area contributed by atoms with Crippen LogP contribution in [0.5, 0.6) is 0 Å². The summed E-state index contributed by atoms with van der Waals surface area (Å²) in [6, 6.07) is 2.78. The summed E-state index contributed by atoms with van der Waals surface area (Å²) in [5.74, 6) is 1.90. The first kappa shape index (κ1) is 12.2. The van der Waals surface area contributed by atoms with Crippen molar-refractivity contribution in [1.29, 1.82) is 0 Å². The van der Waals surface area contributed by atoms with Crippen molar-refractivity contribution in [1.82, 2.24) is 15.4 Å². The second-order valence-corrected chi connectivity index (χ2v) is 5.83. The largest absolute Gasteiger partial charge is 0.361 e. The lowest BCUT2D eigenvalue weighted by Crippen LogP contribution is -2.42. The standard InChI is InChI=1S/C14H23N3O/c1-11-8-14(16-18-11)10-17-6-4-13(5-7-17)15-9-12-2-3-12/h8,12-13,15H,2-7,9-10H2,1H3. The maximum Gasteiger partial charge on any atom is 0.133 e. The van der Waals surface area contributed by atoms with Gasteiger partial charge in [0.1, 0.15) is 5.76 Å². The molecule has 100 valence electrons. The minimum absolute atomic E-state index is 0.737. The first-order valence-corrected chi connectivity index (χ1v) is 7.17. The Labute approximate surface area is 109 Å². The van der Waals surface area contributed by atoms with Crippen LogP contribution in [0.3, 0.4) is 0 Å². The molecule has 18 heavy (non-hydrogen) atoms. The number of rotatable bonds is 5. The number of piperidine rings is 1. The van der Waals surface area contributed by atoms with Crippen LogP contribution in [0.1, 0.15) is 37.1 Å². The first-order chi connectivity index (χ1) is 8.79. The predicted molar refractivity (Wildman–Crippen MR) is 70.3 cm³/mol. The fourth-order valence-electron chi connectivity index (χ4n) is 2.67. The summed E-state index contributed by atoms with van der Waals surface area (Å²) >= 11 is 0. The van der Waals surface area contributed by atoms with E-state index in [1.54, 1.807) is 0 Å². The fraction of sp³-hybridized carbons (Fsp3) is 0.786. The Balaban J connectivity index is 1.39. The highest BCUT2D eigenvalue weighted by atomic mass is 16.5. The zero-order valence-corrected chi connectivity index (χ0v) is 11.2. The summed E-state index contributed by atoms with van der Waals surface area (Å²) in [5.41, 5.74) is 1.07. The summed E-state index contributed by atoms with van der Waals surface area (Å²) in [5, 5.41) is 7.78. The Bertz CT molecular complexity index is 378. The van der Waals surface area contributed by atoms with Gasteiger partial charge in [-0.05, 0) is 45.1 Å². The van der Waals surface area contributed by atoms with Gasteiger partial charge >= 0.3 is 0 Å². The number of nitrogens with one attached hydrogen (secondary N) is 1. The van der Waals surface area contributed by atoms with E-state index in [2.05, 4.69) is 15.4 Å². The third kappa shape index (κ3) is 3.33. The molecular weight excluding hydrogens is 226 g/mol. The van der Waals surface area contributed by atoms with Crippen LogP contribution in [0, 0.1) is 12.8 Å². The number of hydrogen-bond acceptors (Lipinski definition) is 4. The van der Waals surface area contributed by atoms with Gasteiger partial charge in [-0.25, -0.2) is 0 Å². The molecule has 1 aromatic heterocycles. The van der Waals surface area contributed by atoms with Crippen molar-refractivity contribution in [2.24, 2.45) is 5.92 Å². The van der Waals surface area contributed by atoms with Gasteiger partial charge in [-0.2, -0.15) is 0 Å². The SMILES string of the molecule is Cc1cc(CN2CCC(NCC3CC3)CC2)no1. The molecule has 1 saturated heterocycles. The first-order valence-electron chi connectivity index (χ1n) is 7.17. The van der Waals surface area contributed by atoms with Gasteiger partial charge in [0.2, 0.25) is 0 Å². The second-order valence-electron chi connectivity index (χ2n) is 5.83. The molecule has 4 nitrogen and oxygen atoms in total. The molecule has 0 bridgehead atoms. The molecule has 3 rings (SSSR count). The zero-order valence-electron chi connectivity index (χ0n) is 11.2. The van der Waals surface area contributed by atoms with Crippen LogP contribution in [-0.2, 0) is 6.54 Å². The summed E-state index contributed by atoms with van der Waals surface area (Å²) in [6.45, 7) is 6.48. The van der Waals surface area contributed by atoms with Gasteiger partial charge in [0, 0.05) is 31.7 Å². The van der Waals surface area contributed by atoms with E-state index in [0.717, 1.165) is 30.0 Å². The van der Waals surface area contributed by atoms with Crippen LogP contribution in [-0.4, -0.2) is 35.7 Å². The molecule has 1 saturated carbocycles. The topological polar surface area (TPSA) is 41.3 Å². The summed E-state index contributed by atoms with van der Waals surface area (Å²) in [7, 11) is 0. The molecule has 4 heteroatoms. The molecule has 1 aliphatic carbocycles. The number of aryl methyl sites for hydroxylation is 1. The van der Waals surface area contributed by atoms with E-state index in [1.165, 1.54) is 45.3 Å². The smallest absolute Gasteiger partial charge is 0.133 e. The maximum absolute atomic E-state index is 5.11. The predicted octanol–water partition coefficient (Wildman–Crippen LogP) is 1.95. The molecule has 0 amide bonds. The Morgan fingerprint density at radius 1 is 1.33 bits per heavy atom. The molecule has 0 aromatic carbocycles. The van der Waals surface area contributed by atoms with Gasteiger partial charge < -0.3 is 9.84 Å². The van der Waals surface area contributed by atoms with Gasteiger partial charge in [-0.3, -0.25) is 4.90 Å². The monoisotopic (exact) mass is 249 g/mol. The highest BCUT2D eigenvalue weighted by Crippen LogP contribution is 2.28. The second kappa shape index (κ2) is 5.41. The van der Waals surface area contributed by atoms with Crippen LogP contribution >= 0.6 is 0 Å². The van der Waals surface area contributed by atoms with Crippen molar-refractivity contribution in [3.05, 3.63) is 17.5 Å². The van der Waals surface area contributed by atoms with Gasteiger partial charge in [0.25, 0.3) is 0 Å². The minimum atomic E-state index is 0.737. The van der Waals surface area contributed by atoms with Crippen molar-refractivity contribution in [2.75, 3.05) is 19.6 Å². The number of nitrogens with zero attached hydrogens (tertiary/aromatic N) is 2. The van der Waals surface area contributed by atoms with Gasteiger partial charge in [-0.1, -0.05) is 5.16 Å². The Kier molecular flexibility index (Phi) is 3.66. The molecule has 1 aromatic rings. The summed E-state index contributed by atoms with van der Waals surface area (Å²) in [6.07, 6.45) is 5.42. The molecule has 2 aliphatic rings. The van der Waals surface area contributed by atoms with E-state index in [1.807, 2.05) is 13.0 Å². The normalized spacial score (nSPS) is 22.5. The molecule has 1 aliphatic heterocycles. The lowest BCUT2D eigenvalue weighted by molar-refractivity contribution is 0.186. The quantitative estimate of drug-likeness (QED) is 0.866. The van der Waals surface area contributed by atoms with E-state index in [-0.39, 0.29) is 0 Å². The van der Waals surface area contributed by atoms with Crippen molar-refractivity contribution in [3.8, 4) is 0 Å². The number of likely N-dealkylation sites (tertiary alicyclic amines) is 1. The highest BCUT2D eigenvalue weighted by Gasteiger charge is 2.24.